The summed E-state index contributed by atoms with van der Waals surface area (Å²) in [6.45, 7) is 9.10. The van der Waals surface area contributed by atoms with Gasteiger partial charge < -0.3 is 4.74 Å². The van der Waals surface area contributed by atoms with Crippen LogP contribution in [0.25, 0.3) is 0 Å². The van der Waals surface area contributed by atoms with Crippen molar-refractivity contribution in [1.82, 2.24) is 4.31 Å². The average Bonchev–Trinajstić information content (AvgIpc) is 2.55. The Morgan fingerprint density at radius 1 is 1.07 bits per heavy atom. The fraction of sp³-hybridized carbons (Fsp3) is 0.476. The van der Waals surface area contributed by atoms with Crippen LogP contribution in [0.3, 0.4) is 0 Å². The van der Waals surface area contributed by atoms with Gasteiger partial charge in [-0.1, -0.05) is 35.4 Å². The van der Waals surface area contributed by atoms with E-state index in [1.807, 2.05) is 13.8 Å². The Balaban J connectivity index is 2.31. The molecule has 0 atom stereocenters. The lowest BCUT2D eigenvalue weighted by atomic mass is 9.97. The lowest BCUT2D eigenvalue weighted by Crippen LogP contribution is -2.41. The maximum absolute atomic E-state index is 13.1. The molecule has 2 rings (SSSR count). The van der Waals surface area contributed by atoms with Gasteiger partial charge >= 0.3 is 6.09 Å². The van der Waals surface area contributed by atoms with Crippen LogP contribution in [-0.2, 0) is 14.8 Å². The number of nitrogens with zero attached hydrogens (tertiary/aromatic N) is 1. The van der Waals surface area contributed by atoms with Gasteiger partial charge in [0.1, 0.15) is 5.60 Å². The van der Waals surface area contributed by atoms with Crippen LogP contribution < -0.4 is 0 Å². The van der Waals surface area contributed by atoms with Crippen LogP contribution in [0.2, 0.25) is 0 Å². The summed E-state index contributed by atoms with van der Waals surface area (Å²) in [4.78, 5) is 12.8. The summed E-state index contributed by atoms with van der Waals surface area (Å²) >= 11 is 0. The van der Waals surface area contributed by atoms with Gasteiger partial charge in [0.05, 0.1) is 4.90 Å². The summed E-state index contributed by atoms with van der Waals surface area (Å²) in [7, 11) is -4.00. The van der Waals surface area contributed by atoms with Gasteiger partial charge in [-0.2, -0.15) is 0 Å². The molecule has 0 fully saturated rings. The number of rotatable bonds is 5. The summed E-state index contributed by atoms with van der Waals surface area (Å²) in [5, 5.41) is 0. The standard InChI is InChI=1S/C21H29NO4S/c1-16-10-12-19(13-11-16)27(24,25)22(20(23)26-21(3,4)5)15-14-18-9-7-6-8-17(18)2/h8-13H,6-7,14-15H2,1-5H3. The molecule has 0 spiro atoms. The Morgan fingerprint density at radius 2 is 1.67 bits per heavy atom. The van der Waals surface area contributed by atoms with E-state index >= 15 is 0 Å². The van der Waals surface area contributed by atoms with Gasteiger partial charge in [0.15, 0.2) is 0 Å². The van der Waals surface area contributed by atoms with Gasteiger partial charge in [0.2, 0.25) is 0 Å². The molecule has 0 saturated heterocycles. The highest BCUT2D eigenvalue weighted by atomic mass is 32.2. The first-order chi connectivity index (χ1) is 12.5. The monoisotopic (exact) mass is 391 g/mol. The second-order valence-electron chi connectivity index (χ2n) is 7.81. The zero-order valence-electron chi connectivity index (χ0n) is 16.8. The van der Waals surface area contributed by atoms with Crippen molar-refractivity contribution in [3.05, 3.63) is 53.1 Å². The van der Waals surface area contributed by atoms with Gasteiger partial charge in [-0.3, -0.25) is 0 Å². The van der Waals surface area contributed by atoms with Crippen molar-refractivity contribution >= 4 is 16.1 Å². The average molecular weight is 392 g/mol. The van der Waals surface area contributed by atoms with E-state index in [0.717, 1.165) is 33.9 Å². The van der Waals surface area contributed by atoms with E-state index in [-0.39, 0.29) is 11.4 Å². The number of carbonyl (C=O) groups excluding carboxylic acids is 1. The van der Waals surface area contributed by atoms with Gasteiger partial charge in [-0.25, -0.2) is 17.5 Å². The molecule has 1 aromatic rings. The second-order valence-corrected chi connectivity index (χ2v) is 9.68. The molecule has 5 nitrogen and oxygen atoms in total. The first-order valence-electron chi connectivity index (χ1n) is 9.19. The van der Waals surface area contributed by atoms with Crippen LogP contribution in [0.1, 0.15) is 52.5 Å². The third-order valence-corrected chi connectivity index (χ3v) is 6.08. The number of benzene rings is 1. The highest BCUT2D eigenvalue weighted by molar-refractivity contribution is 7.89. The normalized spacial score (nSPS) is 15.0. The zero-order chi connectivity index (χ0) is 20.2. The van der Waals surface area contributed by atoms with E-state index in [2.05, 4.69) is 12.2 Å². The number of aryl methyl sites for hydroxylation is 1. The maximum atomic E-state index is 13.1. The summed E-state index contributed by atoms with van der Waals surface area (Å²) in [6.07, 6.45) is 5.80. The fourth-order valence-electron chi connectivity index (χ4n) is 2.83. The molecular weight excluding hydrogens is 362 g/mol. The van der Waals surface area contributed by atoms with Gasteiger partial charge in [0, 0.05) is 6.54 Å². The number of hydrogen-bond acceptors (Lipinski definition) is 4. The minimum atomic E-state index is -4.00. The Hall–Kier alpha value is -2.08. The summed E-state index contributed by atoms with van der Waals surface area (Å²) < 4.78 is 32.5. The molecule has 27 heavy (non-hydrogen) atoms. The molecule has 0 N–H and O–H groups in total. The number of ether oxygens (including phenoxy) is 1. The number of allylic oxidation sites excluding steroid dienone is 3. The van der Waals surface area contributed by atoms with Crippen molar-refractivity contribution in [2.75, 3.05) is 6.54 Å². The molecule has 1 aliphatic rings. The third kappa shape index (κ3) is 5.70. The van der Waals surface area contributed by atoms with Crippen molar-refractivity contribution in [1.29, 1.82) is 0 Å². The Bertz CT molecular complexity index is 843. The number of amides is 1. The molecule has 6 heteroatoms. The highest BCUT2D eigenvalue weighted by Crippen LogP contribution is 2.25. The van der Waals surface area contributed by atoms with Crippen molar-refractivity contribution in [3.8, 4) is 0 Å². The van der Waals surface area contributed by atoms with Crippen molar-refractivity contribution in [2.45, 2.75) is 64.4 Å². The quantitative estimate of drug-likeness (QED) is 0.710. The minimum absolute atomic E-state index is 0.0438. The number of carbonyl (C=O) groups is 1. The molecule has 0 bridgehead atoms. The molecule has 148 valence electrons. The van der Waals surface area contributed by atoms with E-state index < -0.39 is 21.7 Å². The highest BCUT2D eigenvalue weighted by Gasteiger charge is 2.33. The molecule has 0 saturated carbocycles. The molecule has 0 radical (unpaired) electrons. The molecule has 0 unspecified atom stereocenters. The van der Waals surface area contributed by atoms with E-state index in [4.69, 9.17) is 4.74 Å². The van der Waals surface area contributed by atoms with E-state index in [1.54, 1.807) is 32.9 Å². The van der Waals surface area contributed by atoms with Crippen LogP contribution >= 0.6 is 0 Å². The first kappa shape index (κ1) is 21.2. The summed E-state index contributed by atoms with van der Waals surface area (Å²) in [5.41, 5.74) is 2.39. The lowest BCUT2D eigenvalue weighted by Gasteiger charge is -2.27. The van der Waals surface area contributed by atoms with Gasteiger partial charge in [0.25, 0.3) is 10.0 Å². The van der Waals surface area contributed by atoms with E-state index in [1.165, 1.54) is 12.1 Å². The Labute approximate surface area is 162 Å². The van der Waals surface area contributed by atoms with Crippen LogP contribution in [0, 0.1) is 6.92 Å². The first-order valence-corrected chi connectivity index (χ1v) is 10.6. The maximum Gasteiger partial charge on any atom is 0.424 e. The van der Waals surface area contributed by atoms with Crippen molar-refractivity contribution < 1.29 is 17.9 Å². The minimum Gasteiger partial charge on any atom is -0.443 e. The van der Waals surface area contributed by atoms with Crippen molar-refractivity contribution in [2.24, 2.45) is 0 Å². The van der Waals surface area contributed by atoms with Crippen molar-refractivity contribution in [3.63, 3.8) is 0 Å². The van der Waals surface area contributed by atoms with Crippen LogP contribution in [-0.4, -0.2) is 31.0 Å². The van der Waals surface area contributed by atoms with Crippen LogP contribution in [0.15, 0.2) is 52.5 Å². The fourth-order valence-corrected chi connectivity index (χ4v) is 4.13. The lowest BCUT2D eigenvalue weighted by molar-refractivity contribution is 0.0392. The smallest absolute Gasteiger partial charge is 0.424 e. The summed E-state index contributed by atoms with van der Waals surface area (Å²) in [6, 6.07) is 6.48. The van der Waals surface area contributed by atoms with Crippen LogP contribution in [0.5, 0.6) is 0 Å². The molecule has 0 aromatic heterocycles. The molecule has 1 aliphatic carbocycles. The largest absolute Gasteiger partial charge is 0.443 e. The predicted molar refractivity (Wildman–Crippen MR) is 107 cm³/mol. The third-order valence-electron chi connectivity index (χ3n) is 4.30. The Kier molecular flexibility index (Phi) is 6.52. The SMILES string of the molecule is CC1=CCCC=C1CCN(C(=O)OC(C)(C)C)S(=O)(=O)c1ccc(C)cc1. The number of sulfonamides is 1. The Morgan fingerprint density at radius 3 is 2.22 bits per heavy atom. The number of hydrogen-bond donors (Lipinski definition) is 0. The molecule has 0 aliphatic heterocycles. The van der Waals surface area contributed by atoms with Crippen LogP contribution in [0.4, 0.5) is 4.79 Å². The second kappa shape index (κ2) is 8.30. The molecular formula is C21H29NO4S. The topological polar surface area (TPSA) is 63.7 Å². The summed E-state index contributed by atoms with van der Waals surface area (Å²) in [5.74, 6) is 0. The van der Waals surface area contributed by atoms with Gasteiger partial charge in [-0.15, -0.1) is 0 Å². The molecule has 0 heterocycles. The van der Waals surface area contributed by atoms with E-state index in [9.17, 15) is 13.2 Å². The zero-order valence-corrected chi connectivity index (χ0v) is 17.6. The predicted octanol–water partition coefficient (Wildman–Crippen LogP) is 4.98. The molecule has 1 amide bonds. The van der Waals surface area contributed by atoms with E-state index in [0.29, 0.717) is 6.42 Å². The van der Waals surface area contributed by atoms with Gasteiger partial charge in [-0.05, 0) is 71.6 Å². The molecule has 1 aromatic carbocycles.